The molecule has 3 heterocycles. The van der Waals surface area contributed by atoms with E-state index in [4.69, 9.17) is 4.74 Å². The Morgan fingerprint density at radius 2 is 1.81 bits per heavy atom. The number of amides is 2. The predicted octanol–water partition coefficient (Wildman–Crippen LogP) is 2.80. The number of rotatable bonds is 6. The number of ether oxygens (including phenoxy) is 1. The van der Waals surface area contributed by atoms with Crippen LogP contribution in [0.4, 0.5) is 10.1 Å². The van der Waals surface area contributed by atoms with Crippen LogP contribution in [0.5, 0.6) is 0 Å². The summed E-state index contributed by atoms with van der Waals surface area (Å²) in [7, 11) is 0. The summed E-state index contributed by atoms with van der Waals surface area (Å²) in [5.41, 5.74) is -0.696. The summed E-state index contributed by atoms with van der Waals surface area (Å²) in [6.45, 7) is 7.33. The van der Waals surface area contributed by atoms with Crippen LogP contribution < -0.4 is 4.90 Å². The molecule has 2 amide bonds. The third-order valence-electron chi connectivity index (χ3n) is 7.53. The van der Waals surface area contributed by atoms with Gasteiger partial charge in [0.25, 0.3) is 17.6 Å². The van der Waals surface area contributed by atoms with Crippen molar-refractivity contribution in [2.45, 2.75) is 25.8 Å². The maximum atomic E-state index is 14.4. The normalized spacial score (nSPS) is 23.4. The summed E-state index contributed by atoms with van der Waals surface area (Å²) in [4.78, 5) is 46.3. The van der Waals surface area contributed by atoms with Crippen LogP contribution in [0.25, 0.3) is 5.76 Å². The summed E-state index contributed by atoms with van der Waals surface area (Å²) < 4.78 is 19.8. The molecule has 1 N–H and O–H groups in total. The molecule has 1 spiro atoms. The number of halogens is 1. The first-order valence-electron chi connectivity index (χ1n) is 12.6. The van der Waals surface area contributed by atoms with Gasteiger partial charge in [0.1, 0.15) is 11.6 Å². The number of likely N-dealkylation sites (N-methyl/N-ethyl adjacent to an activating group) is 1. The Bertz CT molecular complexity index is 1300. The quantitative estimate of drug-likeness (QED) is 0.368. The van der Waals surface area contributed by atoms with E-state index >= 15 is 0 Å². The smallest absolute Gasteiger partial charge is 0.296 e. The number of para-hydroxylation sites is 1. The lowest BCUT2D eigenvalue weighted by Crippen LogP contribution is -2.52. The number of likely N-dealkylation sites (tertiary alicyclic amines) is 1. The van der Waals surface area contributed by atoms with Crippen LogP contribution in [0.15, 0.2) is 48.0 Å². The third kappa shape index (κ3) is 3.84. The molecule has 9 heteroatoms. The van der Waals surface area contributed by atoms with E-state index in [0.29, 0.717) is 49.5 Å². The highest BCUT2D eigenvalue weighted by atomic mass is 19.1. The third-order valence-corrected chi connectivity index (χ3v) is 7.53. The number of aliphatic hydroxyl groups is 1. The van der Waals surface area contributed by atoms with Gasteiger partial charge in [-0.15, -0.1) is 0 Å². The number of hydrogen-bond acceptors (Lipinski definition) is 6. The van der Waals surface area contributed by atoms with Gasteiger partial charge in [-0.05, 0) is 38.0 Å². The van der Waals surface area contributed by atoms with Crippen molar-refractivity contribution >= 4 is 29.0 Å². The number of ketones is 1. The van der Waals surface area contributed by atoms with Crippen LogP contribution in [0.3, 0.4) is 0 Å². The first-order chi connectivity index (χ1) is 17.8. The molecular weight excluding hydrogens is 477 g/mol. The lowest BCUT2D eigenvalue weighted by atomic mass is 9.81. The van der Waals surface area contributed by atoms with E-state index in [1.165, 1.54) is 21.9 Å². The molecule has 3 aliphatic heterocycles. The maximum absolute atomic E-state index is 14.4. The van der Waals surface area contributed by atoms with Gasteiger partial charge in [-0.1, -0.05) is 30.3 Å². The molecule has 194 valence electrons. The highest BCUT2D eigenvalue weighted by Gasteiger charge is 2.66. The van der Waals surface area contributed by atoms with Crippen molar-refractivity contribution in [3.05, 3.63) is 70.5 Å². The van der Waals surface area contributed by atoms with Crippen molar-refractivity contribution in [1.29, 1.82) is 0 Å². The van der Waals surface area contributed by atoms with E-state index in [1.54, 1.807) is 31.2 Å². The fourth-order valence-corrected chi connectivity index (χ4v) is 5.64. The van der Waals surface area contributed by atoms with Gasteiger partial charge >= 0.3 is 0 Å². The van der Waals surface area contributed by atoms with Crippen molar-refractivity contribution in [2.75, 3.05) is 50.8 Å². The minimum atomic E-state index is -1.82. The van der Waals surface area contributed by atoms with Crippen LogP contribution in [-0.4, -0.2) is 78.4 Å². The Morgan fingerprint density at radius 3 is 2.51 bits per heavy atom. The van der Waals surface area contributed by atoms with Gasteiger partial charge in [0.05, 0.1) is 24.5 Å². The molecule has 0 bridgehead atoms. The Labute approximate surface area is 214 Å². The lowest BCUT2D eigenvalue weighted by molar-refractivity contribution is -0.143. The monoisotopic (exact) mass is 507 g/mol. The average Bonchev–Trinajstić information content (AvgIpc) is 3.28. The first kappa shape index (κ1) is 25.1. The second kappa shape index (κ2) is 9.72. The SMILES string of the molecule is CCN1C(=O)[C@]2(C(=C(O)c3ccc(C)c(F)c3)C(=O)C(=O)N2CCCN2CCOCC2)c2ccccc21. The molecule has 2 aromatic carbocycles. The first-order valence-corrected chi connectivity index (χ1v) is 12.6. The Kier molecular flexibility index (Phi) is 6.59. The number of aliphatic hydroxyl groups excluding tert-OH is 1. The van der Waals surface area contributed by atoms with Gasteiger partial charge < -0.3 is 19.6 Å². The van der Waals surface area contributed by atoms with E-state index in [2.05, 4.69) is 4.90 Å². The van der Waals surface area contributed by atoms with E-state index < -0.39 is 34.7 Å². The highest BCUT2D eigenvalue weighted by molar-refractivity contribution is 6.50. The number of carbonyl (C=O) groups excluding carboxylic acids is 3. The standard InChI is InChI=1S/C28H30FN3O5/c1-3-31-22-8-5-4-7-20(22)28(27(31)36)23(24(33)19-10-9-18(2)21(29)17-19)25(34)26(35)32(28)12-6-11-30-13-15-37-16-14-30/h4-5,7-10,17,33H,3,6,11-16H2,1-2H3/t28-/m1/s1. The number of fused-ring (bicyclic) bond motifs is 2. The molecule has 0 aromatic heterocycles. The molecule has 2 saturated heterocycles. The Hall–Kier alpha value is -3.56. The Balaban J connectivity index is 1.66. The van der Waals surface area contributed by atoms with Crippen molar-refractivity contribution in [1.82, 2.24) is 9.80 Å². The van der Waals surface area contributed by atoms with E-state index in [-0.39, 0.29) is 17.7 Å². The van der Waals surface area contributed by atoms with Gasteiger partial charge in [0.15, 0.2) is 5.54 Å². The number of morpholine rings is 1. The summed E-state index contributed by atoms with van der Waals surface area (Å²) in [6, 6.07) is 11.1. The molecule has 0 radical (unpaired) electrons. The van der Waals surface area contributed by atoms with Crippen LogP contribution >= 0.6 is 0 Å². The zero-order valence-corrected chi connectivity index (χ0v) is 21.0. The van der Waals surface area contributed by atoms with Crippen LogP contribution in [0.1, 0.15) is 30.0 Å². The second-order valence-corrected chi connectivity index (χ2v) is 9.56. The molecule has 37 heavy (non-hydrogen) atoms. The van der Waals surface area contributed by atoms with Crippen LogP contribution in [-0.2, 0) is 24.7 Å². The summed E-state index contributed by atoms with van der Waals surface area (Å²) in [5.74, 6) is -3.40. The summed E-state index contributed by atoms with van der Waals surface area (Å²) in [6.07, 6.45) is 0.523. The van der Waals surface area contributed by atoms with Crippen LogP contribution in [0.2, 0.25) is 0 Å². The van der Waals surface area contributed by atoms with Gasteiger partial charge in [-0.2, -0.15) is 0 Å². The van der Waals surface area contributed by atoms with Crippen LogP contribution in [0, 0.1) is 12.7 Å². The van der Waals surface area contributed by atoms with Crippen molar-refractivity contribution in [2.24, 2.45) is 0 Å². The molecule has 1 atom stereocenters. The average molecular weight is 508 g/mol. The van der Waals surface area contributed by atoms with Gasteiger partial charge in [-0.25, -0.2) is 4.39 Å². The van der Waals surface area contributed by atoms with Gasteiger partial charge in [0.2, 0.25) is 0 Å². The molecule has 0 aliphatic carbocycles. The zero-order valence-electron chi connectivity index (χ0n) is 21.0. The van der Waals surface area contributed by atoms with Gasteiger partial charge in [-0.3, -0.25) is 19.3 Å². The second-order valence-electron chi connectivity index (χ2n) is 9.56. The Morgan fingerprint density at radius 1 is 1.08 bits per heavy atom. The summed E-state index contributed by atoms with van der Waals surface area (Å²) >= 11 is 0. The largest absolute Gasteiger partial charge is 0.507 e. The van der Waals surface area contributed by atoms with E-state index in [0.717, 1.165) is 19.2 Å². The lowest BCUT2D eigenvalue weighted by Gasteiger charge is -2.35. The zero-order chi connectivity index (χ0) is 26.3. The minimum absolute atomic E-state index is 0.0361. The topological polar surface area (TPSA) is 90.4 Å². The number of Topliss-reactive ketones (excluding diaryl/α,β-unsaturated/α-hetero) is 1. The summed E-state index contributed by atoms with van der Waals surface area (Å²) in [5, 5.41) is 11.4. The number of nitrogens with zero attached hydrogens (tertiary/aromatic N) is 3. The maximum Gasteiger partial charge on any atom is 0.296 e. The fourth-order valence-electron chi connectivity index (χ4n) is 5.64. The van der Waals surface area contributed by atoms with E-state index in [1.807, 2.05) is 6.92 Å². The van der Waals surface area contributed by atoms with Gasteiger partial charge in [0, 0.05) is 43.9 Å². The molecule has 5 rings (SSSR count). The molecule has 8 nitrogen and oxygen atoms in total. The molecule has 3 aliphatic rings. The number of anilines is 1. The minimum Gasteiger partial charge on any atom is -0.507 e. The number of hydrogen-bond donors (Lipinski definition) is 1. The van der Waals surface area contributed by atoms with E-state index in [9.17, 15) is 23.9 Å². The molecule has 0 unspecified atom stereocenters. The highest BCUT2D eigenvalue weighted by Crippen LogP contribution is 2.53. The fraction of sp³-hybridized carbons (Fsp3) is 0.393. The number of aryl methyl sites for hydroxylation is 1. The van der Waals surface area contributed by atoms with Crippen molar-refractivity contribution in [3.8, 4) is 0 Å². The predicted molar refractivity (Wildman–Crippen MR) is 135 cm³/mol. The number of carbonyl (C=O) groups is 3. The van der Waals surface area contributed by atoms with Crippen molar-refractivity contribution < 1.29 is 28.6 Å². The molecule has 2 fully saturated rings. The molecular formula is C28H30FN3O5. The molecule has 2 aromatic rings. The van der Waals surface area contributed by atoms with Crippen molar-refractivity contribution in [3.63, 3.8) is 0 Å². The number of benzene rings is 2. The molecule has 0 saturated carbocycles.